The predicted molar refractivity (Wildman–Crippen MR) is 138 cm³/mol. The third-order valence-corrected chi connectivity index (χ3v) is 7.24. The number of aromatic nitrogens is 4. The van der Waals surface area contributed by atoms with Crippen molar-refractivity contribution in [2.75, 3.05) is 10.0 Å². The smallest absolute Gasteiger partial charge is 0.339 e. The number of rotatable bonds is 6. The molecule has 3 heterocycles. The first-order valence-electron chi connectivity index (χ1n) is 11.3. The Morgan fingerprint density at radius 3 is 2.53 bits per heavy atom. The van der Waals surface area contributed by atoms with E-state index in [1.165, 1.54) is 18.2 Å². The largest absolute Gasteiger partial charge is 0.416 e. The third kappa shape index (κ3) is 5.02. The Morgan fingerprint density at radius 2 is 1.79 bits per heavy atom. The minimum atomic E-state index is -4.60. The monoisotopic (exact) mass is 538 g/mol. The number of hydrogen-bond donors (Lipinski definition) is 2. The van der Waals surface area contributed by atoms with Crippen LogP contribution in [0.1, 0.15) is 11.1 Å². The minimum Gasteiger partial charge on any atom is -0.339 e. The second-order valence-corrected chi connectivity index (χ2v) is 10.3. The SMILES string of the molecule is Cc1ccc(S(=O)(=O)Nc2cccc(C(F)(F)F)c2)cc1Nc1nc(-c2cccnc2)nc2c1ccn2C. The summed E-state index contributed by atoms with van der Waals surface area (Å²) >= 11 is 0. The van der Waals surface area contributed by atoms with Crippen molar-refractivity contribution in [2.24, 2.45) is 7.05 Å². The van der Waals surface area contributed by atoms with Crippen LogP contribution in [0.15, 0.2) is 84.1 Å². The number of alkyl halides is 3. The van der Waals surface area contributed by atoms with Gasteiger partial charge in [-0.05, 0) is 61.0 Å². The summed E-state index contributed by atoms with van der Waals surface area (Å²) in [6, 6.07) is 13.9. The number of anilines is 3. The minimum absolute atomic E-state index is 0.131. The van der Waals surface area contributed by atoms with Crippen LogP contribution in [-0.2, 0) is 23.2 Å². The number of pyridine rings is 1. The van der Waals surface area contributed by atoms with Gasteiger partial charge in [0.2, 0.25) is 0 Å². The van der Waals surface area contributed by atoms with Crippen molar-refractivity contribution >= 4 is 38.2 Å². The van der Waals surface area contributed by atoms with E-state index in [9.17, 15) is 21.6 Å². The molecule has 5 rings (SSSR count). The summed E-state index contributed by atoms with van der Waals surface area (Å²) in [5.41, 5.74) is 1.40. The fourth-order valence-electron chi connectivity index (χ4n) is 3.86. The molecule has 194 valence electrons. The van der Waals surface area contributed by atoms with Crippen LogP contribution in [0.2, 0.25) is 0 Å². The van der Waals surface area contributed by atoms with E-state index >= 15 is 0 Å². The highest BCUT2D eigenvalue weighted by Crippen LogP contribution is 2.33. The number of sulfonamides is 1. The normalized spacial score (nSPS) is 12.0. The molecule has 0 fully saturated rings. The maximum Gasteiger partial charge on any atom is 0.416 e. The van der Waals surface area contributed by atoms with Crippen molar-refractivity contribution in [2.45, 2.75) is 18.0 Å². The number of fused-ring (bicyclic) bond motifs is 1. The molecule has 0 atom stereocenters. The topological polar surface area (TPSA) is 102 Å². The maximum absolute atomic E-state index is 13.1. The summed E-state index contributed by atoms with van der Waals surface area (Å²) in [5.74, 6) is 0.889. The molecule has 0 aliphatic rings. The van der Waals surface area contributed by atoms with Crippen LogP contribution in [0.5, 0.6) is 0 Å². The van der Waals surface area contributed by atoms with Crippen molar-refractivity contribution in [3.05, 3.63) is 90.4 Å². The molecule has 0 radical (unpaired) electrons. The number of nitrogens with zero attached hydrogens (tertiary/aromatic N) is 4. The molecular formula is C26H21F3N6O2S. The van der Waals surface area contributed by atoms with Gasteiger partial charge < -0.3 is 9.88 Å². The van der Waals surface area contributed by atoms with Gasteiger partial charge >= 0.3 is 6.18 Å². The van der Waals surface area contributed by atoms with E-state index in [2.05, 4.69) is 25.0 Å². The van der Waals surface area contributed by atoms with E-state index in [0.717, 1.165) is 29.1 Å². The lowest BCUT2D eigenvalue weighted by atomic mass is 10.2. The summed E-state index contributed by atoms with van der Waals surface area (Å²) in [7, 11) is -2.35. The highest BCUT2D eigenvalue weighted by molar-refractivity contribution is 7.92. The van der Waals surface area contributed by atoms with Crippen molar-refractivity contribution < 1.29 is 21.6 Å². The second-order valence-electron chi connectivity index (χ2n) is 8.59. The Kier molecular flexibility index (Phi) is 6.27. The maximum atomic E-state index is 13.1. The molecule has 0 spiro atoms. The lowest BCUT2D eigenvalue weighted by Crippen LogP contribution is -2.14. The molecule has 0 saturated carbocycles. The number of nitrogens with one attached hydrogen (secondary N) is 2. The van der Waals surface area contributed by atoms with E-state index in [4.69, 9.17) is 0 Å². The molecule has 0 aliphatic heterocycles. The quantitative estimate of drug-likeness (QED) is 0.279. The molecule has 2 aromatic carbocycles. The van der Waals surface area contributed by atoms with Crippen molar-refractivity contribution in [3.8, 4) is 11.4 Å². The molecular weight excluding hydrogens is 517 g/mol. The van der Waals surface area contributed by atoms with Gasteiger partial charge in [0.15, 0.2) is 5.82 Å². The standard InChI is InChI=1S/C26H21F3N6O2S/c1-16-8-9-20(38(36,37)34-19-7-3-6-18(13-19)26(27,28)29)14-22(16)31-24-21-10-12-35(2)25(21)33-23(32-24)17-5-4-11-30-15-17/h3-15,34H,1-2H3,(H,31,32,33). The molecule has 0 unspecified atom stereocenters. The summed E-state index contributed by atoms with van der Waals surface area (Å²) < 4.78 is 69.5. The molecule has 0 aliphatic carbocycles. The van der Waals surface area contributed by atoms with Gasteiger partial charge in [0.25, 0.3) is 10.0 Å². The Balaban J connectivity index is 1.51. The van der Waals surface area contributed by atoms with E-state index in [0.29, 0.717) is 28.5 Å². The van der Waals surface area contributed by atoms with Gasteiger partial charge in [-0.2, -0.15) is 13.2 Å². The fourth-order valence-corrected chi connectivity index (χ4v) is 4.94. The zero-order valence-electron chi connectivity index (χ0n) is 20.2. The Hall–Kier alpha value is -4.45. The van der Waals surface area contributed by atoms with Gasteiger partial charge in [0, 0.05) is 42.6 Å². The van der Waals surface area contributed by atoms with Gasteiger partial charge in [-0.3, -0.25) is 9.71 Å². The Labute approximate surface area is 216 Å². The van der Waals surface area contributed by atoms with Crippen molar-refractivity contribution in [3.63, 3.8) is 0 Å². The van der Waals surface area contributed by atoms with Crippen LogP contribution in [0.25, 0.3) is 22.4 Å². The second kappa shape index (κ2) is 9.45. The molecule has 12 heteroatoms. The summed E-state index contributed by atoms with van der Waals surface area (Å²) in [5, 5.41) is 3.94. The van der Waals surface area contributed by atoms with Gasteiger partial charge in [0.05, 0.1) is 15.8 Å². The van der Waals surface area contributed by atoms with E-state index in [1.54, 1.807) is 31.5 Å². The summed E-state index contributed by atoms with van der Waals surface area (Å²) in [6.07, 6.45) is 0.528. The zero-order valence-corrected chi connectivity index (χ0v) is 21.0. The van der Waals surface area contributed by atoms with Gasteiger partial charge in [0.1, 0.15) is 11.5 Å². The fraction of sp³-hybridized carbons (Fsp3) is 0.115. The van der Waals surface area contributed by atoms with Crippen LogP contribution in [0.3, 0.4) is 0 Å². The van der Waals surface area contributed by atoms with Crippen LogP contribution in [0, 0.1) is 6.92 Å². The highest BCUT2D eigenvalue weighted by atomic mass is 32.2. The zero-order chi connectivity index (χ0) is 27.1. The Morgan fingerprint density at radius 1 is 0.974 bits per heavy atom. The van der Waals surface area contributed by atoms with Crippen LogP contribution in [0.4, 0.5) is 30.4 Å². The van der Waals surface area contributed by atoms with Gasteiger partial charge in [-0.15, -0.1) is 0 Å². The van der Waals surface area contributed by atoms with E-state index < -0.39 is 21.8 Å². The first-order valence-corrected chi connectivity index (χ1v) is 12.8. The van der Waals surface area contributed by atoms with E-state index in [-0.39, 0.29) is 10.6 Å². The lowest BCUT2D eigenvalue weighted by molar-refractivity contribution is -0.137. The molecule has 0 bridgehead atoms. The molecule has 0 saturated heterocycles. The summed E-state index contributed by atoms with van der Waals surface area (Å²) in [4.78, 5) is 13.3. The third-order valence-electron chi connectivity index (χ3n) is 5.86. The number of hydrogen-bond acceptors (Lipinski definition) is 6. The van der Waals surface area contributed by atoms with Gasteiger partial charge in [-0.25, -0.2) is 18.4 Å². The molecule has 2 N–H and O–H groups in total. The molecule has 0 amide bonds. The van der Waals surface area contributed by atoms with Gasteiger partial charge in [-0.1, -0.05) is 12.1 Å². The lowest BCUT2D eigenvalue weighted by Gasteiger charge is -2.15. The van der Waals surface area contributed by atoms with Crippen LogP contribution < -0.4 is 10.0 Å². The predicted octanol–water partition coefficient (Wildman–Crippen LogP) is 5.90. The number of benzene rings is 2. The first-order chi connectivity index (χ1) is 18.0. The Bertz CT molecular complexity index is 1750. The highest BCUT2D eigenvalue weighted by Gasteiger charge is 2.30. The average molecular weight is 539 g/mol. The number of aryl methyl sites for hydroxylation is 2. The van der Waals surface area contributed by atoms with Crippen LogP contribution in [-0.4, -0.2) is 27.9 Å². The number of halogens is 3. The molecule has 3 aromatic heterocycles. The summed E-state index contributed by atoms with van der Waals surface area (Å²) in [6.45, 7) is 1.80. The van der Waals surface area contributed by atoms with Crippen molar-refractivity contribution in [1.29, 1.82) is 0 Å². The molecule has 5 aromatic rings. The first kappa shape index (κ1) is 25.2. The van der Waals surface area contributed by atoms with Crippen LogP contribution >= 0.6 is 0 Å². The molecule has 38 heavy (non-hydrogen) atoms. The molecule has 8 nitrogen and oxygen atoms in total. The van der Waals surface area contributed by atoms with E-state index in [1.807, 2.05) is 29.9 Å². The average Bonchev–Trinajstić information content (AvgIpc) is 3.26. The van der Waals surface area contributed by atoms with Crippen molar-refractivity contribution in [1.82, 2.24) is 19.5 Å².